The first-order chi connectivity index (χ1) is 13.6. The molecule has 1 atom stereocenters. The number of para-hydroxylation sites is 1. The van der Waals surface area contributed by atoms with Crippen LogP contribution in [-0.4, -0.2) is 30.4 Å². The largest absolute Gasteiger partial charge is 0.457 e. The van der Waals surface area contributed by atoms with E-state index in [1.807, 2.05) is 42.5 Å². The SMILES string of the molecule is Cn1c(=O)c2ccccc2n2c(COC(=O)C3Cc4ccccc4S3)nnc12. The molecule has 5 rings (SSSR count). The molecule has 0 N–H and O–H groups in total. The molecule has 0 amide bonds. The summed E-state index contributed by atoms with van der Waals surface area (Å²) in [5.41, 5.74) is 1.72. The predicted molar refractivity (Wildman–Crippen MR) is 105 cm³/mol. The van der Waals surface area contributed by atoms with Gasteiger partial charge in [0.05, 0.1) is 10.9 Å². The molecule has 0 saturated carbocycles. The van der Waals surface area contributed by atoms with E-state index in [1.54, 1.807) is 17.5 Å². The molecular weight excluding hydrogens is 376 g/mol. The van der Waals surface area contributed by atoms with Gasteiger partial charge in [0.15, 0.2) is 12.4 Å². The van der Waals surface area contributed by atoms with Crippen LogP contribution in [-0.2, 0) is 29.6 Å². The van der Waals surface area contributed by atoms with Gasteiger partial charge in [0.25, 0.3) is 5.56 Å². The van der Waals surface area contributed by atoms with Crippen molar-refractivity contribution in [3.63, 3.8) is 0 Å². The topological polar surface area (TPSA) is 78.5 Å². The fraction of sp³-hybridized carbons (Fsp3) is 0.200. The molecule has 4 aromatic rings. The number of aromatic nitrogens is 4. The van der Waals surface area contributed by atoms with E-state index >= 15 is 0 Å². The Labute approximate surface area is 164 Å². The van der Waals surface area contributed by atoms with E-state index in [0.717, 1.165) is 4.90 Å². The minimum absolute atomic E-state index is 0.00436. The standard InChI is InChI=1S/C20H16N4O3S/c1-23-18(25)13-7-3-4-8-14(13)24-17(21-22-20(23)24)11-27-19(26)16-10-12-6-2-5-9-15(12)28-16/h2-9,16H,10-11H2,1H3. The summed E-state index contributed by atoms with van der Waals surface area (Å²) in [7, 11) is 1.65. The van der Waals surface area contributed by atoms with Crippen molar-refractivity contribution in [2.45, 2.75) is 23.2 Å². The third-order valence-electron chi connectivity index (χ3n) is 4.95. The lowest BCUT2D eigenvalue weighted by Gasteiger charge is -2.10. The van der Waals surface area contributed by atoms with E-state index in [0.29, 0.717) is 28.9 Å². The molecule has 1 aliphatic heterocycles. The van der Waals surface area contributed by atoms with E-state index in [4.69, 9.17) is 4.74 Å². The fourth-order valence-corrected chi connectivity index (χ4v) is 4.72. The van der Waals surface area contributed by atoms with Crippen LogP contribution in [0.15, 0.2) is 58.2 Å². The lowest BCUT2D eigenvalue weighted by molar-refractivity contribution is -0.144. The predicted octanol–water partition coefficient (Wildman–Crippen LogP) is 2.34. The second kappa shape index (κ2) is 6.49. The molecule has 0 spiro atoms. The highest BCUT2D eigenvalue weighted by molar-refractivity contribution is 8.01. The van der Waals surface area contributed by atoms with Gasteiger partial charge in [-0.15, -0.1) is 22.0 Å². The first-order valence-corrected chi connectivity index (χ1v) is 9.74. The molecule has 0 fully saturated rings. The summed E-state index contributed by atoms with van der Waals surface area (Å²) in [4.78, 5) is 26.2. The average Bonchev–Trinajstić information content (AvgIpc) is 3.34. The highest BCUT2D eigenvalue weighted by atomic mass is 32.2. The molecule has 0 radical (unpaired) electrons. The number of nitrogens with zero attached hydrogens (tertiary/aromatic N) is 4. The Morgan fingerprint density at radius 2 is 1.96 bits per heavy atom. The van der Waals surface area contributed by atoms with Crippen molar-refractivity contribution in [3.8, 4) is 0 Å². The van der Waals surface area contributed by atoms with Gasteiger partial charge in [0, 0.05) is 11.9 Å². The summed E-state index contributed by atoms with van der Waals surface area (Å²) in [6, 6.07) is 15.3. The fourth-order valence-electron chi connectivity index (χ4n) is 3.53. The molecule has 1 aliphatic rings. The van der Waals surface area contributed by atoms with Crippen molar-refractivity contribution in [2.75, 3.05) is 0 Å². The van der Waals surface area contributed by atoms with Gasteiger partial charge in [-0.05, 0) is 30.2 Å². The Kier molecular flexibility index (Phi) is 3.94. The lowest BCUT2D eigenvalue weighted by atomic mass is 10.1. The van der Waals surface area contributed by atoms with Gasteiger partial charge in [0.2, 0.25) is 5.78 Å². The highest BCUT2D eigenvalue weighted by Crippen LogP contribution is 2.37. The van der Waals surface area contributed by atoms with Crippen LogP contribution < -0.4 is 5.56 Å². The number of thioether (sulfide) groups is 1. The summed E-state index contributed by atoms with van der Waals surface area (Å²) in [5.74, 6) is 0.625. The van der Waals surface area contributed by atoms with Gasteiger partial charge in [0.1, 0.15) is 5.25 Å². The summed E-state index contributed by atoms with van der Waals surface area (Å²) in [6.07, 6.45) is 0.664. The van der Waals surface area contributed by atoms with Gasteiger partial charge >= 0.3 is 5.97 Å². The zero-order valence-electron chi connectivity index (χ0n) is 15.0. The number of hydrogen-bond acceptors (Lipinski definition) is 6. The minimum atomic E-state index is -0.271. The molecule has 28 heavy (non-hydrogen) atoms. The van der Waals surface area contributed by atoms with Crippen molar-refractivity contribution >= 4 is 34.4 Å². The number of aryl methyl sites for hydroxylation is 1. The first-order valence-electron chi connectivity index (χ1n) is 8.86. The minimum Gasteiger partial charge on any atom is -0.457 e. The molecule has 2 aromatic carbocycles. The van der Waals surface area contributed by atoms with E-state index in [1.165, 1.54) is 21.9 Å². The Morgan fingerprint density at radius 1 is 1.18 bits per heavy atom. The Bertz CT molecular complexity index is 1270. The number of hydrogen-bond donors (Lipinski definition) is 0. The molecule has 0 aliphatic carbocycles. The average molecular weight is 392 g/mol. The van der Waals surface area contributed by atoms with Crippen molar-refractivity contribution in [2.24, 2.45) is 7.05 Å². The number of fused-ring (bicyclic) bond motifs is 4. The normalized spacial score (nSPS) is 15.8. The van der Waals surface area contributed by atoms with Gasteiger partial charge in [-0.3, -0.25) is 18.6 Å². The van der Waals surface area contributed by atoms with Crippen LogP contribution in [0.25, 0.3) is 16.7 Å². The second-order valence-electron chi connectivity index (χ2n) is 6.66. The van der Waals surface area contributed by atoms with Crippen LogP contribution in [0.5, 0.6) is 0 Å². The molecule has 3 heterocycles. The summed E-state index contributed by atoms with van der Waals surface area (Å²) in [5, 5.41) is 8.58. The molecule has 1 unspecified atom stereocenters. The number of esters is 1. The summed E-state index contributed by atoms with van der Waals surface area (Å²) in [6.45, 7) is -0.00436. The second-order valence-corrected chi connectivity index (χ2v) is 7.90. The molecule has 0 saturated heterocycles. The number of carbonyl (C=O) groups excluding carboxylic acids is 1. The third kappa shape index (κ3) is 2.60. The molecule has 0 bridgehead atoms. The Morgan fingerprint density at radius 3 is 2.82 bits per heavy atom. The van der Waals surface area contributed by atoms with E-state index in [9.17, 15) is 9.59 Å². The first kappa shape index (κ1) is 17.0. The number of rotatable bonds is 3. The van der Waals surface area contributed by atoms with Crippen LogP contribution in [0.2, 0.25) is 0 Å². The van der Waals surface area contributed by atoms with Gasteiger partial charge in [-0.1, -0.05) is 30.3 Å². The molecule has 2 aromatic heterocycles. The van der Waals surface area contributed by atoms with Crippen LogP contribution in [0.3, 0.4) is 0 Å². The molecular formula is C20H16N4O3S. The maximum Gasteiger partial charge on any atom is 0.320 e. The van der Waals surface area contributed by atoms with Gasteiger partial charge in [-0.25, -0.2) is 0 Å². The number of benzene rings is 2. The molecule has 140 valence electrons. The van der Waals surface area contributed by atoms with E-state index < -0.39 is 0 Å². The lowest BCUT2D eigenvalue weighted by Crippen LogP contribution is -2.22. The van der Waals surface area contributed by atoms with Gasteiger partial charge in [-0.2, -0.15) is 0 Å². The Hall–Kier alpha value is -3.13. The van der Waals surface area contributed by atoms with Crippen molar-refractivity contribution in [1.82, 2.24) is 19.2 Å². The summed E-state index contributed by atoms with van der Waals surface area (Å²) >= 11 is 1.53. The van der Waals surface area contributed by atoms with Crippen LogP contribution in [0.4, 0.5) is 0 Å². The maximum atomic E-state index is 12.6. The van der Waals surface area contributed by atoms with Crippen LogP contribution >= 0.6 is 11.8 Å². The van der Waals surface area contributed by atoms with Gasteiger partial charge < -0.3 is 4.74 Å². The highest BCUT2D eigenvalue weighted by Gasteiger charge is 2.29. The monoisotopic (exact) mass is 392 g/mol. The smallest absolute Gasteiger partial charge is 0.320 e. The van der Waals surface area contributed by atoms with E-state index in [-0.39, 0.29) is 23.4 Å². The number of ether oxygens (including phenoxy) is 1. The van der Waals surface area contributed by atoms with Crippen molar-refractivity contribution in [3.05, 3.63) is 70.3 Å². The van der Waals surface area contributed by atoms with Crippen molar-refractivity contribution < 1.29 is 9.53 Å². The zero-order valence-corrected chi connectivity index (χ0v) is 15.8. The Balaban J connectivity index is 1.44. The van der Waals surface area contributed by atoms with Crippen LogP contribution in [0.1, 0.15) is 11.4 Å². The third-order valence-corrected chi connectivity index (χ3v) is 6.24. The van der Waals surface area contributed by atoms with Crippen molar-refractivity contribution in [1.29, 1.82) is 0 Å². The van der Waals surface area contributed by atoms with E-state index in [2.05, 4.69) is 10.2 Å². The maximum absolute atomic E-state index is 12.6. The van der Waals surface area contributed by atoms with Crippen LogP contribution in [0, 0.1) is 0 Å². The zero-order chi connectivity index (χ0) is 19.3. The molecule has 7 nitrogen and oxygen atoms in total. The quantitative estimate of drug-likeness (QED) is 0.498. The number of carbonyl (C=O) groups is 1. The molecule has 8 heteroatoms. The summed E-state index contributed by atoms with van der Waals surface area (Å²) < 4.78 is 8.77.